The van der Waals surface area contributed by atoms with Crippen molar-refractivity contribution >= 4 is 18.0 Å². The molecule has 1 aliphatic rings. The average Bonchev–Trinajstić information content (AvgIpc) is 2.83. The molecule has 8 nitrogen and oxygen atoms in total. The first-order chi connectivity index (χ1) is 7.74. The summed E-state index contributed by atoms with van der Waals surface area (Å²) >= 11 is 0. The van der Waals surface area contributed by atoms with Gasteiger partial charge in [0.15, 0.2) is 0 Å². The van der Waals surface area contributed by atoms with Gasteiger partial charge in [0.25, 0.3) is 0 Å². The van der Waals surface area contributed by atoms with Gasteiger partial charge < -0.3 is 16.0 Å². The third-order valence-electron chi connectivity index (χ3n) is 2.32. The van der Waals surface area contributed by atoms with Crippen LogP contribution in [0.2, 0.25) is 0 Å². The summed E-state index contributed by atoms with van der Waals surface area (Å²) in [6.07, 6.45) is 7.30. The van der Waals surface area contributed by atoms with Gasteiger partial charge in [-0.15, -0.1) is 9.89 Å². The summed E-state index contributed by atoms with van der Waals surface area (Å²) in [5.74, 6) is 1.30. The number of rotatable bonds is 1. The molecule has 3 heterocycles. The third-order valence-corrected chi connectivity index (χ3v) is 2.32. The molecule has 0 saturated heterocycles. The molecule has 16 heavy (non-hydrogen) atoms. The molecule has 4 N–H and O–H groups in total. The summed E-state index contributed by atoms with van der Waals surface area (Å²) < 4.78 is 1.96. The number of nitrogens with two attached hydrogens (primary N) is 2. The Morgan fingerprint density at radius 2 is 2.19 bits per heavy atom. The van der Waals surface area contributed by atoms with E-state index in [-0.39, 0.29) is 11.9 Å². The first-order valence-electron chi connectivity index (χ1n) is 4.68. The van der Waals surface area contributed by atoms with Gasteiger partial charge in [0.1, 0.15) is 12.5 Å². The molecule has 0 bridgehead atoms. The Hall–Kier alpha value is -2.51. The molecule has 0 aromatic carbocycles. The van der Waals surface area contributed by atoms with Crippen LogP contribution in [0.25, 0.3) is 6.08 Å². The monoisotopic (exact) mass is 218 g/mol. The van der Waals surface area contributed by atoms with Crippen molar-refractivity contribution in [1.82, 2.24) is 24.4 Å². The molecule has 82 valence electrons. The van der Waals surface area contributed by atoms with Crippen molar-refractivity contribution in [2.75, 3.05) is 16.5 Å². The van der Waals surface area contributed by atoms with Gasteiger partial charge in [-0.25, -0.2) is 9.99 Å². The minimum absolute atomic E-state index is 0.155. The fourth-order valence-electron chi connectivity index (χ4n) is 1.60. The fourth-order valence-corrected chi connectivity index (χ4v) is 1.60. The van der Waals surface area contributed by atoms with Crippen LogP contribution in [-0.4, -0.2) is 24.4 Å². The van der Waals surface area contributed by atoms with Crippen LogP contribution in [-0.2, 0) is 6.67 Å². The van der Waals surface area contributed by atoms with Crippen LogP contribution in [0.1, 0.15) is 5.82 Å². The van der Waals surface area contributed by atoms with E-state index in [4.69, 9.17) is 11.5 Å². The standard InChI is InChI=1S/C8H10N8/c9-7-12-8(10)16(13-7)15-3-1-6-11-2-4-14(6)5-15/h1-4H,5H2,(H4,9,10,12,13). The topological polar surface area (TPSA) is 104 Å². The molecular weight excluding hydrogens is 208 g/mol. The predicted octanol–water partition coefficient (Wildman–Crippen LogP) is -0.781. The molecule has 2 aromatic heterocycles. The van der Waals surface area contributed by atoms with Crippen molar-refractivity contribution in [3.05, 3.63) is 24.4 Å². The maximum atomic E-state index is 5.68. The lowest BCUT2D eigenvalue weighted by Crippen LogP contribution is -2.35. The van der Waals surface area contributed by atoms with Crippen LogP contribution in [0.5, 0.6) is 0 Å². The van der Waals surface area contributed by atoms with E-state index in [0.717, 1.165) is 5.82 Å². The van der Waals surface area contributed by atoms with E-state index in [0.29, 0.717) is 6.67 Å². The van der Waals surface area contributed by atoms with Crippen LogP contribution in [0.3, 0.4) is 0 Å². The lowest BCUT2D eigenvalue weighted by atomic mass is 10.5. The van der Waals surface area contributed by atoms with E-state index in [2.05, 4.69) is 15.1 Å². The van der Waals surface area contributed by atoms with Crippen LogP contribution in [0.15, 0.2) is 18.6 Å². The summed E-state index contributed by atoms with van der Waals surface area (Å²) in [6.45, 7) is 0.568. The molecule has 0 atom stereocenters. The highest BCUT2D eigenvalue weighted by Gasteiger charge is 2.15. The van der Waals surface area contributed by atoms with Gasteiger partial charge in [0.05, 0.1) is 0 Å². The van der Waals surface area contributed by atoms with Crippen molar-refractivity contribution in [3.8, 4) is 0 Å². The molecule has 0 aliphatic carbocycles. The highest BCUT2D eigenvalue weighted by atomic mass is 15.7. The molecule has 1 aliphatic heterocycles. The number of anilines is 2. The zero-order chi connectivity index (χ0) is 11.1. The Labute approximate surface area is 90.8 Å². The van der Waals surface area contributed by atoms with E-state index >= 15 is 0 Å². The summed E-state index contributed by atoms with van der Waals surface area (Å²) in [5.41, 5.74) is 11.1. The molecule has 3 rings (SSSR count). The number of nitrogen functional groups attached to an aromatic ring is 2. The minimum atomic E-state index is 0.155. The van der Waals surface area contributed by atoms with Gasteiger partial charge in [-0.05, 0) is 6.08 Å². The Balaban J connectivity index is 1.97. The molecule has 0 spiro atoms. The quantitative estimate of drug-likeness (QED) is 0.650. The highest BCUT2D eigenvalue weighted by Crippen LogP contribution is 2.12. The van der Waals surface area contributed by atoms with Crippen LogP contribution in [0.4, 0.5) is 11.9 Å². The van der Waals surface area contributed by atoms with E-state index < -0.39 is 0 Å². The Kier molecular flexibility index (Phi) is 1.64. The molecule has 2 aromatic rings. The van der Waals surface area contributed by atoms with E-state index in [1.807, 2.05) is 23.0 Å². The number of fused-ring (bicyclic) bond motifs is 1. The van der Waals surface area contributed by atoms with E-state index in [9.17, 15) is 0 Å². The number of nitrogens with zero attached hydrogens (tertiary/aromatic N) is 6. The van der Waals surface area contributed by atoms with Gasteiger partial charge >= 0.3 is 0 Å². The van der Waals surface area contributed by atoms with Crippen molar-refractivity contribution in [3.63, 3.8) is 0 Å². The summed E-state index contributed by atoms with van der Waals surface area (Å²) in [5, 5.41) is 5.78. The SMILES string of the molecule is Nc1nc(N)n(N2C=Cc3nccn3C2)n1. The van der Waals surface area contributed by atoms with Crippen LogP contribution >= 0.6 is 0 Å². The van der Waals surface area contributed by atoms with Crippen molar-refractivity contribution in [2.45, 2.75) is 6.67 Å². The van der Waals surface area contributed by atoms with Gasteiger partial charge in [-0.2, -0.15) is 4.98 Å². The number of hydrogen-bond acceptors (Lipinski definition) is 6. The Bertz CT molecular complexity index is 550. The molecule has 8 heteroatoms. The number of imidazole rings is 1. The number of aromatic nitrogens is 5. The molecule has 0 fully saturated rings. The Morgan fingerprint density at radius 3 is 2.94 bits per heavy atom. The number of hydrogen-bond donors (Lipinski definition) is 2. The molecule has 0 radical (unpaired) electrons. The second-order valence-electron chi connectivity index (χ2n) is 3.37. The van der Waals surface area contributed by atoms with E-state index in [1.165, 1.54) is 4.79 Å². The zero-order valence-electron chi connectivity index (χ0n) is 8.35. The molecule has 0 saturated carbocycles. The maximum Gasteiger partial charge on any atom is 0.243 e. The van der Waals surface area contributed by atoms with Gasteiger partial charge in [-0.1, -0.05) is 0 Å². The second-order valence-corrected chi connectivity index (χ2v) is 3.37. The third kappa shape index (κ3) is 1.20. The fraction of sp³-hybridized carbons (Fsp3) is 0.125. The van der Waals surface area contributed by atoms with Gasteiger partial charge in [0, 0.05) is 18.6 Å². The predicted molar refractivity (Wildman–Crippen MR) is 58.3 cm³/mol. The zero-order valence-corrected chi connectivity index (χ0v) is 8.35. The van der Waals surface area contributed by atoms with Gasteiger partial charge in [-0.3, -0.25) is 0 Å². The summed E-state index contributed by atoms with van der Waals surface area (Å²) in [6, 6.07) is 0. The molecular formula is C8H10N8. The van der Waals surface area contributed by atoms with E-state index in [1.54, 1.807) is 11.2 Å². The smallest absolute Gasteiger partial charge is 0.243 e. The second kappa shape index (κ2) is 2.99. The Morgan fingerprint density at radius 1 is 1.31 bits per heavy atom. The summed E-state index contributed by atoms with van der Waals surface area (Å²) in [4.78, 5) is 9.45. The normalized spacial score (nSPS) is 14.1. The minimum Gasteiger partial charge on any atom is -0.366 e. The lowest BCUT2D eigenvalue weighted by Gasteiger charge is -2.24. The van der Waals surface area contributed by atoms with Crippen molar-refractivity contribution < 1.29 is 0 Å². The van der Waals surface area contributed by atoms with Crippen molar-refractivity contribution in [1.29, 1.82) is 0 Å². The highest BCUT2D eigenvalue weighted by molar-refractivity contribution is 5.45. The van der Waals surface area contributed by atoms with Crippen molar-refractivity contribution in [2.24, 2.45) is 0 Å². The van der Waals surface area contributed by atoms with Gasteiger partial charge in [0.2, 0.25) is 11.9 Å². The van der Waals surface area contributed by atoms with Crippen LogP contribution in [0, 0.1) is 0 Å². The molecule has 0 amide bonds. The lowest BCUT2D eigenvalue weighted by molar-refractivity contribution is 0.523. The first-order valence-corrected chi connectivity index (χ1v) is 4.68. The summed E-state index contributed by atoms with van der Waals surface area (Å²) in [7, 11) is 0. The average molecular weight is 218 g/mol. The first kappa shape index (κ1) is 8.77. The largest absolute Gasteiger partial charge is 0.366 e. The molecule has 0 unspecified atom stereocenters. The maximum absolute atomic E-state index is 5.68. The van der Waals surface area contributed by atoms with Crippen LogP contribution < -0.4 is 16.5 Å².